The van der Waals surface area contributed by atoms with Crippen molar-refractivity contribution >= 4 is 0 Å². The van der Waals surface area contributed by atoms with Crippen LogP contribution in [0.4, 0.5) is 0 Å². The Morgan fingerprint density at radius 1 is 1.20 bits per heavy atom. The summed E-state index contributed by atoms with van der Waals surface area (Å²) >= 11 is 0. The highest BCUT2D eigenvalue weighted by molar-refractivity contribution is 5.02. The quantitative estimate of drug-likeness (QED) is 0.467. The third-order valence-electron chi connectivity index (χ3n) is 2.36. The van der Waals surface area contributed by atoms with Gasteiger partial charge >= 0.3 is 0 Å². The molecule has 0 saturated carbocycles. The second-order valence-corrected chi connectivity index (χ2v) is 2.93. The van der Waals surface area contributed by atoms with Gasteiger partial charge in [0.25, 0.3) is 0 Å². The van der Waals surface area contributed by atoms with Gasteiger partial charge in [-0.25, -0.2) is 0 Å². The van der Waals surface area contributed by atoms with Crippen LogP contribution in [0.1, 0.15) is 0 Å². The van der Waals surface area contributed by atoms with E-state index in [1.807, 2.05) is 0 Å². The monoisotopic (exact) mass is 144 g/mol. The van der Waals surface area contributed by atoms with Crippen LogP contribution in [-0.4, -0.2) is 42.4 Å². The van der Waals surface area contributed by atoms with Crippen molar-refractivity contribution < 1.29 is 19.3 Å². The van der Waals surface area contributed by atoms with Gasteiger partial charge < -0.3 is 19.3 Å². The predicted molar refractivity (Wildman–Crippen MR) is 29.3 cm³/mol. The molecule has 0 aliphatic carbocycles. The molecular weight excluding hydrogens is 136 g/mol. The fourth-order valence-electron chi connectivity index (χ4n) is 1.86. The van der Waals surface area contributed by atoms with Crippen molar-refractivity contribution in [2.45, 2.75) is 30.7 Å². The Bertz CT molecular complexity index is 169. The van der Waals surface area contributed by atoms with Crippen LogP contribution in [-0.2, 0) is 14.2 Å². The van der Waals surface area contributed by atoms with Crippen molar-refractivity contribution in [1.29, 1.82) is 0 Å². The average Bonchev–Trinajstić information content (AvgIpc) is 2.43. The summed E-state index contributed by atoms with van der Waals surface area (Å²) < 4.78 is 15.8. The van der Waals surface area contributed by atoms with E-state index in [0.29, 0.717) is 6.61 Å². The SMILES string of the molecule is O[C@H]1[C@@H]2O[C@@H]3[C@@H]1OC[C@H]3O2. The smallest absolute Gasteiger partial charge is 0.187 e. The Kier molecular flexibility index (Phi) is 0.840. The molecule has 0 radical (unpaired) electrons. The Balaban J connectivity index is 2.00. The third-order valence-corrected chi connectivity index (χ3v) is 2.36. The number of fused-ring (bicyclic) bond motifs is 1. The van der Waals surface area contributed by atoms with Gasteiger partial charge in [-0.05, 0) is 0 Å². The first-order chi connectivity index (χ1) is 4.86. The molecule has 0 spiro atoms. The summed E-state index contributed by atoms with van der Waals surface area (Å²) in [6, 6.07) is 0. The molecule has 3 rings (SSSR count). The van der Waals surface area contributed by atoms with E-state index in [1.54, 1.807) is 0 Å². The van der Waals surface area contributed by atoms with Gasteiger partial charge in [-0.3, -0.25) is 0 Å². The third kappa shape index (κ3) is 0.441. The largest absolute Gasteiger partial charge is 0.385 e. The Labute approximate surface area is 57.7 Å². The van der Waals surface area contributed by atoms with E-state index in [2.05, 4.69) is 0 Å². The highest BCUT2D eigenvalue weighted by Gasteiger charge is 2.59. The van der Waals surface area contributed by atoms with Crippen molar-refractivity contribution in [3.05, 3.63) is 0 Å². The summed E-state index contributed by atoms with van der Waals surface area (Å²) in [6.45, 7) is 0.572. The summed E-state index contributed by atoms with van der Waals surface area (Å²) in [4.78, 5) is 0. The highest BCUT2D eigenvalue weighted by atomic mass is 16.8. The first kappa shape index (κ1) is 5.49. The predicted octanol–water partition coefficient (Wildman–Crippen LogP) is -1.13. The molecule has 0 aromatic carbocycles. The summed E-state index contributed by atoms with van der Waals surface area (Å²) in [5, 5.41) is 9.33. The van der Waals surface area contributed by atoms with Crippen LogP contribution < -0.4 is 0 Å². The van der Waals surface area contributed by atoms with Crippen LogP contribution in [0.5, 0.6) is 0 Å². The maximum atomic E-state index is 9.33. The van der Waals surface area contributed by atoms with Crippen molar-refractivity contribution in [1.82, 2.24) is 0 Å². The minimum Gasteiger partial charge on any atom is -0.385 e. The molecular formula is C6H8O4. The molecule has 1 N–H and O–H groups in total. The molecule has 10 heavy (non-hydrogen) atoms. The lowest BCUT2D eigenvalue weighted by Gasteiger charge is -2.17. The van der Waals surface area contributed by atoms with Gasteiger partial charge in [-0.2, -0.15) is 0 Å². The molecule has 4 nitrogen and oxygen atoms in total. The average molecular weight is 144 g/mol. The minimum atomic E-state index is -0.566. The molecule has 56 valence electrons. The summed E-state index contributed by atoms with van der Waals surface area (Å²) in [5.74, 6) is 0. The van der Waals surface area contributed by atoms with E-state index in [-0.39, 0.29) is 18.3 Å². The van der Waals surface area contributed by atoms with E-state index in [9.17, 15) is 5.11 Å². The summed E-state index contributed by atoms with van der Waals surface area (Å²) in [6.07, 6.45) is -1.02. The highest BCUT2D eigenvalue weighted by Crippen LogP contribution is 2.40. The molecule has 0 unspecified atom stereocenters. The minimum absolute atomic E-state index is 0.000000000000000222. The normalized spacial score (nSPS) is 63.9. The first-order valence-corrected chi connectivity index (χ1v) is 3.47. The van der Waals surface area contributed by atoms with Gasteiger partial charge in [-0.15, -0.1) is 0 Å². The molecule has 3 aliphatic rings. The van der Waals surface area contributed by atoms with Gasteiger partial charge in [0, 0.05) is 0 Å². The molecule has 0 aromatic heterocycles. The second-order valence-electron chi connectivity index (χ2n) is 2.93. The molecule has 5 atom stereocenters. The zero-order valence-electron chi connectivity index (χ0n) is 5.27. The van der Waals surface area contributed by atoms with Crippen LogP contribution >= 0.6 is 0 Å². The summed E-state index contributed by atoms with van der Waals surface area (Å²) in [5.41, 5.74) is 0. The van der Waals surface area contributed by atoms with Crippen LogP contribution in [0.15, 0.2) is 0 Å². The van der Waals surface area contributed by atoms with E-state index in [0.717, 1.165) is 0 Å². The van der Waals surface area contributed by atoms with Crippen molar-refractivity contribution in [2.24, 2.45) is 0 Å². The lowest BCUT2D eigenvalue weighted by atomic mass is 10.1. The van der Waals surface area contributed by atoms with Gasteiger partial charge in [0.15, 0.2) is 6.29 Å². The fraction of sp³-hybridized carbons (Fsp3) is 1.00. The lowest BCUT2D eigenvalue weighted by Crippen LogP contribution is -2.39. The van der Waals surface area contributed by atoms with E-state index in [1.165, 1.54) is 0 Å². The maximum absolute atomic E-state index is 9.33. The molecule has 2 bridgehead atoms. The standard InChI is InChI=1S/C6H8O4/c7-3-5-4-2(1-8-5)9-6(3)10-4/h2-7H,1H2/t2-,3-,4+,5-,6+/m1/s1. The molecule has 4 heteroatoms. The second kappa shape index (κ2) is 1.53. The number of hydrogen-bond acceptors (Lipinski definition) is 4. The van der Waals surface area contributed by atoms with Crippen molar-refractivity contribution in [3.8, 4) is 0 Å². The fourth-order valence-corrected chi connectivity index (χ4v) is 1.86. The molecule has 3 heterocycles. The Hall–Kier alpha value is -0.160. The van der Waals surface area contributed by atoms with E-state index < -0.39 is 12.4 Å². The molecule has 3 aliphatic heterocycles. The maximum Gasteiger partial charge on any atom is 0.187 e. The van der Waals surface area contributed by atoms with E-state index >= 15 is 0 Å². The lowest BCUT2D eigenvalue weighted by molar-refractivity contribution is -0.104. The van der Waals surface area contributed by atoms with Crippen LogP contribution in [0, 0.1) is 0 Å². The van der Waals surface area contributed by atoms with Crippen LogP contribution in [0.3, 0.4) is 0 Å². The first-order valence-electron chi connectivity index (χ1n) is 3.47. The molecule has 0 amide bonds. The van der Waals surface area contributed by atoms with Crippen LogP contribution in [0.2, 0.25) is 0 Å². The van der Waals surface area contributed by atoms with Gasteiger partial charge in [0.1, 0.15) is 24.4 Å². The van der Waals surface area contributed by atoms with Crippen molar-refractivity contribution in [2.75, 3.05) is 6.61 Å². The Morgan fingerprint density at radius 3 is 2.80 bits per heavy atom. The zero-order chi connectivity index (χ0) is 6.72. The molecule has 0 aromatic rings. The number of hydrogen-bond donors (Lipinski definition) is 1. The topological polar surface area (TPSA) is 47.9 Å². The zero-order valence-corrected chi connectivity index (χ0v) is 5.27. The number of aliphatic hydroxyl groups is 1. The van der Waals surface area contributed by atoms with Crippen molar-refractivity contribution in [3.63, 3.8) is 0 Å². The number of aliphatic hydroxyl groups excluding tert-OH is 1. The molecule has 3 saturated heterocycles. The van der Waals surface area contributed by atoms with Crippen LogP contribution in [0.25, 0.3) is 0 Å². The van der Waals surface area contributed by atoms with E-state index in [4.69, 9.17) is 14.2 Å². The van der Waals surface area contributed by atoms with Gasteiger partial charge in [0.2, 0.25) is 0 Å². The number of rotatable bonds is 0. The molecule has 3 fully saturated rings. The Morgan fingerprint density at radius 2 is 2.10 bits per heavy atom. The number of ether oxygens (including phenoxy) is 3. The van der Waals surface area contributed by atoms with Gasteiger partial charge in [0.05, 0.1) is 6.61 Å². The van der Waals surface area contributed by atoms with Gasteiger partial charge in [-0.1, -0.05) is 0 Å². The summed E-state index contributed by atoms with van der Waals surface area (Å²) in [7, 11) is 0.